The van der Waals surface area contributed by atoms with Crippen molar-refractivity contribution in [1.29, 1.82) is 0 Å². The highest BCUT2D eigenvalue weighted by Gasteiger charge is 2.23. The number of Topliss-reactive ketones (excluding diaryl/α,β-unsaturated/α-hetero) is 2. The quantitative estimate of drug-likeness (QED) is 0.456. The van der Waals surface area contributed by atoms with Crippen LogP contribution in [0, 0.1) is 0 Å². The summed E-state index contributed by atoms with van der Waals surface area (Å²) in [6.07, 6.45) is 1.31. The van der Waals surface area contributed by atoms with Gasteiger partial charge in [0, 0.05) is 41.1 Å². The van der Waals surface area contributed by atoms with Crippen molar-refractivity contribution in [3.8, 4) is 11.5 Å². The van der Waals surface area contributed by atoms with E-state index in [9.17, 15) is 14.4 Å². The summed E-state index contributed by atoms with van der Waals surface area (Å²) in [5, 5.41) is 0.778. The summed E-state index contributed by atoms with van der Waals surface area (Å²) in [6.45, 7) is 2.63. The molecule has 160 valence electrons. The van der Waals surface area contributed by atoms with Crippen LogP contribution in [0.4, 0.5) is 0 Å². The van der Waals surface area contributed by atoms with E-state index in [4.69, 9.17) is 14.2 Å². The van der Waals surface area contributed by atoms with E-state index >= 15 is 0 Å². The SMILES string of the molecule is C[C@H](OC(=O)CCC(=O)c1ccc2c(c1)OCCCO2)C(=O)c1c[nH]c2ccccc12. The van der Waals surface area contributed by atoms with Gasteiger partial charge in [-0.3, -0.25) is 14.4 Å². The average Bonchev–Trinajstić information content (AvgIpc) is 3.07. The molecule has 2 heterocycles. The molecule has 0 saturated carbocycles. The fraction of sp³-hybridized carbons (Fsp3) is 0.292. The summed E-state index contributed by atoms with van der Waals surface area (Å²) in [5.41, 5.74) is 1.75. The Labute approximate surface area is 179 Å². The first-order valence-corrected chi connectivity index (χ1v) is 10.3. The number of hydrogen-bond donors (Lipinski definition) is 1. The molecule has 1 aromatic heterocycles. The lowest BCUT2D eigenvalue weighted by atomic mass is 10.1. The minimum Gasteiger partial charge on any atom is -0.490 e. The third-order valence-corrected chi connectivity index (χ3v) is 5.16. The molecule has 31 heavy (non-hydrogen) atoms. The first-order chi connectivity index (χ1) is 15.0. The number of aromatic nitrogens is 1. The Balaban J connectivity index is 1.33. The van der Waals surface area contributed by atoms with Gasteiger partial charge in [0.1, 0.15) is 0 Å². The molecule has 0 bridgehead atoms. The van der Waals surface area contributed by atoms with Crippen LogP contribution in [0.1, 0.15) is 46.9 Å². The van der Waals surface area contributed by atoms with Crippen molar-refractivity contribution in [2.45, 2.75) is 32.3 Å². The number of esters is 1. The molecule has 0 fully saturated rings. The summed E-state index contributed by atoms with van der Waals surface area (Å²) in [4.78, 5) is 40.4. The van der Waals surface area contributed by atoms with Crippen LogP contribution < -0.4 is 9.47 Å². The molecule has 7 heteroatoms. The van der Waals surface area contributed by atoms with Gasteiger partial charge >= 0.3 is 5.97 Å². The highest BCUT2D eigenvalue weighted by Crippen LogP contribution is 2.31. The standard InChI is InChI=1S/C24H23NO6/c1-15(24(28)18-14-25-19-6-3-2-5-17(18)19)31-23(27)10-8-20(26)16-7-9-21-22(13-16)30-12-4-11-29-21/h2-3,5-7,9,13-15,25H,4,8,10-12H2,1H3/t15-/m0/s1. The maximum atomic E-state index is 12.7. The summed E-state index contributed by atoms with van der Waals surface area (Å²) in [6, 6.07) is 12.4. The minimum absolute atomic E-state index is 0.0214. The first-order valence-electron chi connectivity index (χ1n) is 10.3. The van der Waals surface area contributed by atoms with Gasteiger partial charge in [-0.05, 0) is 31.2 Å². The topological polar surface area (TPSA) is 94.7 Å². The van der Waals surface area contributed by atoms with E-state index in [1.54, 1.807) is 24.4 Å². The van der Waals surface area contributed by atoms with Crippen LogP contribution in [0.5, 0.6) is 11.5 Å². The van der Waals surface area contributed by atoms with Crippen LogP contribution in [-0.4, -0.2) is 41.8 Å². The fourth-order valence-electron chi connectivity index (χ4n) is 3.50. The zero-order chi connectivity index (χ0) is 21.8. The van der Waals surface area contributed by atoms with Gasteiger partial charge in [-0.15, -0.1) is 0 Å². The maximum Gasteiger partial charge on any atom is 0.306 e. The molecule has 1 N–H and O–H groups in total. The highest BCUT2D eigenvalue weighted by molar-refractivity contribution is 6.10. The molecule has 0 aliphatic carbocycles. The van der Waals surface area contributed by atoms with Gasteiger partial charge in [0.2, 0.25) is 5.78 Å². The van der Waals surface area contributed by atoms with Crippen LogP contribution in [0.15, 0.2) is 48.7 Å². The number of H-pyrrole nitrogens is 1. The Morgan fingerprint density at radius 2 is 1.81 bits per heavy atom. The summed E-state index contributed by atoms with van der Waals surface area (Å²) < 4.78 is 16.4. The van der Waals surface area contributed by atoms with Crippen LogP contribution in [0.25, 0.3) is 10.9 Å². The molecule has 0 radical (unpaired) electrons. The van der Waals surface area contributed by atoms with Crippen molar-refractivity contribution in [3.05, 3.63) is 59.8 Å². The van der Waals surface area contributed by atoms with Crippen molar-refractivity contribution in [2.24, 2.45) is 0 Å². The Hall–Kier alpha value is -3.61. The molecule has 7 nitrogen and oxygen atoms in total. The third-order valence-electron chi connectivity index (χ3n) is 5.16. The number of hydrogen-bond acceptors (Lipinski definition) is 6. The Morgan fingerprint density at radius 3 is 2.65 bits per heavy atom. The third kappa shape index (κ3) is 4.60. The van der Waals surface area contributed by atoms with E-state index in [2.05, 4.69) is 4.98 Å². The van der Waals surface area contributed by atoms with Crippen molar-refractivity contribution in [3.63, 3.8) is 0 Å². The molecule has 4 rings (SSSR count). The number of ether oxygens (including phenoxy) is 3. The van der Waals surface area contributed by atoms with E-state index < -0.39 is 12.1 Å². The summed E-state index contributed by atoms with van der Waals surface area (Å²) in [5.74, 6) is 0.0496. The van der Waals surface area contributed by atoms with Crippen molar-refractivity contribution < 1.29 is 28.6 Å². The molecule has 0 saturated heterocycles. The molecule has 2 aromatic carbocycles. The Kier molecular flexibility index (Phi) is 6.02. The number of nitrogens with one attached hydrogen (secondary N) is 1. The molecule has 1 aliphatic rings. The summed E-state index contributed by atoms with van der Waals surface area (Å²) >= 11 is 0. The van der Waals surface area contributed by atoms with Crippen LogP contribution >= 0.6 is 0 Å². The van der Waals surface area contributed by atoms with Gasteiger partial charge in [0.05, 0.1) is 19.6 Å². The number of rotatable bonds is 7. The van der Waals surface area contributed by atoms with Gasteiger partial charge in [-0.2, -0.15) is 0 Å². The van der Waals surface area contributed by atoms with Crippen LogP contribution in [0.2, 0.25) is 0 Å². The van der Waals surface area contributed by atoms with Gasteiger partial charge < -0.3 is 19.2 Å². The lowest BCUT2D eigenvalue weighted by molar-refractivity contribution is -0.146. The zero-order valence-electron chi connectivity index (χ0n) is 17.2. The minimum atomic E-state index is -0.945. The lowest BCUT2D eigenvalue weighted by Gasteiger charge is -2.12. The molecular weight excluding hydrogens is 398 g/mol. The Morgan fingerprint density at radius 1 is 1.03 bits per heavy atom. The molecule has 1 aliphatic heterocycles. The summed E-state index contributed by atoms with van der Waals surface area (Å²) in [7, 11) is 0. The number of carbonyl (C=O) groups is 3. The number of para-hydroxylation sites is 1. The Bertz CT molecular complexity index is 1130. The van der Waals surface area contributed by atoms with Crippen molar-refractivity contribution in [1.82, 2.24) is 4.98 Å². The van der Waals surface area contributed by atoms with E-state index in [1.807, 2.05) is 24.3 Å². The van der Waals surface area contributed by atoms with Gasteiger partial charge in [-0.1, -0.05) is 18.2 Å². The average molecular weight is 421 g/mol. The van der Waals surface area contributed by atoms with E-state index in [1.165, 1.54) is 6.92 Å². The normalized spacial score (nSPS) is 14.0. The number of aromatic amines is 1. The van der Waals surface area contributed by atoms with E-state index in [0.29, 0.717) is 35.8 Å². The smallest absolute Gasteiger partial charge is 0.306 e. The molecule has 0 unspecified atom stereocenters. The lowest BCUT2D eigenvalue weighted by Crippen LogP contribution is -2.24. The zero-order valence-corrected chi connectivity index (χ0v) is 17.2. The van der Waals surface area contributed by atoms with Gasteiger partial charge in [0.25, 0.3) is 0 Å². The van der Waals surface area contributed by atoms with Crippen molar-refractivity contribution in [2.75, 3.05) is 13.2 Å². The molecular formula is C24H23NO6. The predicted molar refractivity (Wildman–Crippen MR) is 114 cm³/mol. The van der Waals surface area contributed by atoms with E-state index in [-0.39, 0.29) is 24.4 Å². The van der Waals surface area contributed by atoms with Crippen LogP contribution in [-0.2, 0) is 9.53 Å². The molecule has 0 amide bonds. The van der Waals surface area contributed by atoms with Gasteiger partial charge in [-0.25, -0.2) is 0 Å². The number of benzene rings is 2. The van der Waals surface area contributed by atoms with Gasteiger partial charge in [0.15, 0.2) is 23.4 Å². The highest BCUT2D eigenvalue weighted by atomic mass is 16.5. The fourth-order valence-corrected chi connectivity index (χ4v) is 3.50. The number of fused-ring (bicyclic) bond motifs is 2. The first kappa shape index (κ1) is 20.7. The maximum absolute atomic E-state index is 12.7. The largest absolute Gasteiger partial charge is 0.490 e. The number of carbonyl (C=O) groups excluding carboxylic acids is 3. The second-order valence-corrected chi connectivity index (χ2v) is 7.38. The second kappa shape index (κ2) is 9.04. The van der Waals surface area contributed by atoms with E-state index in [0.717, 1.165) is 17.3 Å². The van der Waals surface area contributed by atoms with Crippen molar-refractivity contribution >= 4 is 28.4 Å². The molecule has 3 aromatic rings. The van der Waals surface area contributed by atoms with Crippen LogP contribution in [0.3, 0.4) is 0 Å². The molecule has 1 atom stereocenters. The second-order valence-electron chi connectivity index (χ2n) is 7.38. The number of ketones is 2. The predicted octanol–water partition coefficient (Wildman–Crippen LogP) is 4.11. The molecule has 0 spiro atoms. The monoisotopic (exact) mass is 421 g/mol.